The van der Waals surface area contributed by atoms with Gasteiger partial charge >= 0.3 is 6.03 Å². The minimum absolute atomic E-state index is 0.221. The van der Waals surface area contributed by atoms with Crippen molar-refractivity contribution in [1.29, 1.82) is 0 Å². The molecule has 0 spiro atoms. The number of rotatable bonds is 4. The van der Waals surface area contributed by atoms with Crippen molar-refractivity contribution in [2.75, 3.05) is 19.5 Å². The van der Waals surface area contributed by atoms with Crippen LogP contribution in [0.2, 0.25) is 0 Å². The number of nitrogens with one attached hydrogen (secondary N) is 1. The summed E-state index contributed by atoms with van der Waals surface area (Å²) >= 11 is 0. The van der Waals surface area contributed by atoms with E-state index >= 15 is 0 Å². The van der Waals surface area contributed by atoms with E-state index in [4.69, 9.17) is 9.47 Å². The number of ether oxygens (including phenoxy) is 2. The van der Waals surface area contributed by atoms with E-state index in [1.54, 1.807) is 32.4 Å². The topological polar surface area (TPSA) is 55.7 Å². The number of hydrogen-bond donors (Lipinski definition) is 1. The van der Waals surface area contributed by atoms with Gasteiger partial charge in [-0.3, -0.25) is 0 Å². The molecule has 0 saturated carbocycles. The molecule has 0 saturated heterocycles. The van der Waals surface area contributed by atoms with Crippen LogP contribution in [0, 0.1) is 6.92 Å². The lowest BCUT2D eigenvalue weighted by Gasteiger charge is -2.31. The molecule has 1 aliphatic heterocycles. The average molecular weight is 454 g/mol. The molecule has 6 heteroatoms. The summed E-state index contributed by atoms with van der Waals surface area (Å²) in [6.45, 7) is 2.52. The van der Waals surface area contributed by atoms with Crippen LogP contribution in [0.15, 0.2) is 85.1 Å². The van der Waals surface area contributed by atoms with Crippen LogP contribution in [-0.4, -0.2) is 29.7 Å². The molecule has 1 aromatic heterocycles. The molecule has 1 unspecified atom stereocenters. The number of carbonyl (C=O) groups is 1. The summed E-state index contributed by atoms with van der Waals surface area (Å²) in [5, 5.41) is 3.07. The van der Waals surface area contributed by atoms with Gasteiger partial charge in [0.1, 0.15) is 11.5 Å². The Hall–Kier alpha value is -4.19. The number of methoxy groups -OCH3 is 2. The maximum Gasteiger partial charge on any atom is 0.323 e. The van der Waals surface area contributed by atoms with E-state index in [-0.39, 0.29) is 12.1 Å². The van der Waals surface area contributed by atoms with Gasteiger partial charge in [-0.25, -0.2) is 4.79 Å². The van der Waals surface area contributed by atoms with Gasteiger partial charge in [0, 0.05) is 18.0 Å². The number of amides is 2. The van der Waals surface area contributed by atoms with Crippen molar-refractivity contribution < 1.29 is 14.3 Å². The average Bonchev–Trinajstić information content (AvgIpc) is 3.29. The van der Waals surface area contributed by atoms with Gasteiger partial charge < -0.3 is 24.3 Å². The number of hydrogen-bond acceptors (Lipinski definition) is 3. The third-order valence-corrected chi connectivity index (χ3v) is 6.27. The Kier molecular flexibility index (Phi) is 5.72. The molecule has 3 aromatic carbocycles. The smallest absolute Gasteiger partial charge is 0.323 e. The monoisotopic (exact) mass is 453 g/mol. The van der Waals surface area contributed by atoms with Crippen molar-refractivity contribution in [1.82, 2.24) is 9.47 Å². The molecule has 4 aromatic rings. The Morgan fingerprint density at radius 1 is 0.941 bits per heavy atom. The predicted octanol–water partition coefficient (Wildman–Crippen LogP) is 5.94. The molecule has 34 heavy (non-hydrogen) atoms. The van der Waals surface area contributed by atoms with Crippen LogP contribution in [0.1, 0.15) is 28.4 Å². The van der Waals surface area contributed by atoms with Crippen LogP contribution < -0.4 is 14.8 Å². The summed E-state index contributed by atoms with van der Waals surface area (Å²) in [6, 6.07) is 25.5. The van der Waals surface area contributed by atoms with Crippen molar-refractivity contribution in [3.8, 4) is 17.2 Å². The van der Waals surface area contributed by atoms with Crippen molar-refractivity contribution in [3.63, 3.8) is 0 Å². The number of aromatic nitrogens is 1. The van der Waals surface area contributed by atoms with Gasteiger partial charge in [-0.05, 0) is 48.4 Å². The number of aryl methyl sites for hydroxylation is 1. The zero-order valence-corrected chi connectivity index (χ0v) is 19.5. The van der Waals surface area contributed by atoms with Gasteiger partial charge in [0.2, 0.25) is 0 Å². The number of fused-ring (bicyclic) bond motifs is 3. The van der Waals surface area contributed by atoms with E-state index < -0.39 is 0 Å². The highest BCUT2D eigenvalue weighted by Crippen LogP contribution is 2.38. The second-order valence-electron chi connectivity index (χ2n) is 8.37. The lowest BCUT2D eigenvalue weighted by Crippen LogP contribution is -2.38. The Morgan fingerprint density at radius 3 is 2.50 bits per heavy atom. The minimum Gasteiger partial charge on any atom is -0.497 e. The highest BCUT2D eigenvalue weighted by atomic mass is 16.5. The summed E-state index contributed by atoms with van der Waals surface area (Å²) in [5.41, 5.74) is 5.96. The summed E-state index contributed by atoms with van der Waals surface area (Å²) in [4.78, 5) is 15.8. The SMILES string of the molecule is COc1ccc(OC)c(NC(=O)N2Cc3ccccc3-n3cccc3C2c2ccc(C)cc2)c1. The van der Waals surface area contributed by atoms with Gasteiger partial charge in [0.15, 0.2) is 0 Å². The molecule has 1 aliphatic rings. The predicted molar refractivity (Wildman–Crippen MR) is 133 cm³/mol. The summed E-state index contributed by atoms with van der Waals surface area (Å²) in [7, 11) is 3.18. The molecule has 2 amide bonds. The van der Waals surface area contributed by atoms with Crippen LogP contribution >= 0.6 is 0 Å². The first kappa shape index (κ1) is 21.6. The quantitative estimate of drug-likeness (QED) is 0.416. The lowest BCUT2D eigenvalue weighted by atomic mass is 10.0. The number of nitrogens with zero attached hydrogens (tertiary/aromatic N) is 2. The standard InChI is InChI=1S/C28H27N3O3/c1-19-10-12-20(13-11-19)27-25-9-6-16-30(25)24-8-5-4-7-21(24)18-31(27)28(32)29-23-17-22(33-2)14-15-26(23)34-3/h4-17,27H,18H2,1-3H3,(H,29,32). The van der Waals surface area contributed by atoms with Crippen molar-refractivity contribution in [2.45, 2.75) is 19.5 Å². The number of para-hydroxylation sites is 1. The summed E-state index contributed by atoms with van der Waals surface area (Å²) in [6.07, 6.45) is 2.06. The summed E-state index contributed by atoms with van der Waals surface area (Å²) < 4.78 is 13.0. The highest BCUT2D eigenvalue weighted by Gasteiger charge is 2.33. The lowest BCUT2D eigenvalue weighted by molar-refractivity contribution is 0.194. The van der Waals surface area contributed by atoms with Gasteiger partial charge in [-0.1, -0.05) is 48.0 Å². The fraction of sp³-hybridized carbons (Fsp3) is 0.179. The van der Waals surface area contributed by atoms with E-state index in [2.05, 4.69) is 65.5 Å². The first-order valence-corrected chi connectivity index (χ1v) is 11.2. The van der Waals surface area contributed by atoms with E-state index in [9.17, 15) is 4.79 Å². The van der Waals surface area contributed by atoms with Crippen LogP contribution in [0.3, 0.4) is 0 Å². The third-order valence-electron chi connectivity index (χ3n) is 6.27. The molecule has 172 valence electrons. The first-order chi connectivity index (χ1) is 16.6. The Labute approximate surface area is 199 Å². The van der Waals surface area contributed by atoms with Crippen LogP contribution in [0.4, 0.5) is 10.5 Å². The molecule has 0 bridgehead atoms. The molecular formula is C28H27N3O3. The second kappa shape index (κ2) is 8.98. The molecule has 0 fully saturated rings. The fourth-order valence-electron chi connectivity index (χ4n) is 4.54. The molecule has 6 nitrogen and oxygen atoms in total. The molecule has 2 heterocycles. The number of urea groups is 1. The Bertz CT molecular complexity index is 1330. The zero-order valence-electron chi connectivity index (χ0n) is 19.5. The van der Waals surface area contributed by atoms with E-state index in [1.165, 1.54) is 5.56 Å². The number of benzene rings is 3. The van der Waals surface area contributed by atoms with E-state index in [0.29, 0.717) is 23.7 Å². The van der Waals surface area contributed by atoms with E-state index in [0.717, 1.165) is 22.5 Å². The molecule has 5 rings (SSSR count). The zero-order chi connectivity index (χ0) is 23.7. The summed E-state index contributed by atoms with van der Waals surface area (Å²) in [5.74, 6) is 1.21. The van der Waals surface area contributed by atoms with Crippen LogP contribution in [-0.2, 0) is 6.54 Å². The number of anilines is 1. The third kappa shape index (κ3) is 3.88. The van der Waals surface area contributed by atoms with Crippen molar-refractivity contribution in [2.24, 2.45) is 0 Å². The Balaban J connectivity index is 1.62. The molecule has 0 aliphatic carbocycles. The Morgan fingerprint density at radius 2 is 1.74 bits per heavy atom. The molecular weight excluding hydrogens is 426 g/mol. The van der Waals surface area contributed by atoms with Crippen LogP contribution in [0.5, 0.6) is 11.5 Å². The van der Waals surface area contributed by atoms with Gasteiger partial charge in [-0.15, -0.1) is 0 Å². The van der Waals surface area contributed by atoms with Crippen molar-refractivity contribution >= 4 is 11.7 Å². The van der Waals surface area contributed by atoms with Crippen LogP contribution in [0.25, 0.3) is 5.69 Å². The van der Waals surface area contributed by atoms with Crippen molar-refractivity contribution in [3.05, 3.63) is 107 Å². The normalized spacial score (nSPS) is 14.6. The molecule has 1 N–H and O–H groups in total. The molecule has 0 radical (unpaired) electrons. The van der Waals surface area contributed by atoms with Gasteiger partial charge in [-0.2, -0.15) is 0 Å². The number of carbonyl (C=O) groups excluding carboxylic acids is 1. The minimum atomic E-state index is -0.278. The fourth-order valence-corrected chi connectivity index (χ4v) is 4.54. The maximum atomic E-state index is 13.9. The van der Waals surface area contributed by atoms with Gasteiger partial charge in [0.05, 0.1) is 38.2 Å². The largest absolute Gasteiger partial charge is 0.497 e. The molecule has 1 atom stereocenters. The van der Waals surface area contributed by atoms with Gasteiger partial charge in [0.25, 0.3) is 0 Å². The maximum absolute atomic E-state index is 13.9. The first-order valence-electron chi connectivity index (χ1n) is 11.2. The van der Waals surface area contributed by atoms with E-state index in [1.807, 2.05) is 23.1 Å². The second-order valence-corrected chi connectivity index (χ2v) is 8.37. The highest BCUT2D eigenvalue weighted by molar-refractivity contribution is 5.92.